The van der Waals surface area contributed by atoms with Crippen LogP contribution in [0.1, 0.15) is 22.0 Å². The summed E-state index contributed by atoms with van der Waals surface area (Å²) < 4.78 is 1.67. The Labute approximate surface area is 143 Å². The summed E-state index contributed by atoms with van der Waals surface area (Å²) in [5.74, 6) is 0. The normalized spacial score (nSPS) is 11.5. The summed E-state index contributed by atoms with van der Waals surface area (Å²) in [7, 11) is 0. The van der Waals surface area contributed by atoms with E-state index in [2.05, 4.69) is 16.2 Å². The number of para-hydroxylation sites is 1. The van der Waals surface area contributed by atoms with Crippen molar-refractivity contribution in [2.75, 3.05) is 0 Å². The van der Waals surface area contributed by atoms with E-state index in [4.69, 9.17) is 11.6 Å². The van der Waals surface area contributed by atoms with Crippen molar-refractivity contribution in [3.05, 3.63) is 62.8 Å². The van der Waals surface area contributed by atoms with Crippen LogP contribution in [0.4, 0.5) is 0 Å². The van der Waals surface area contributed by atoms with Crippen LogP contribution in [0.15, 0.2) is 35.7 Å². The van der Waals surface area contributed by atoms with Crippen molar-refractivity contribution in [1.29, 1.82) is 5.26 Å². The van der Waals surface area contributed by atoms with E-state index < -0.39 is 0 Å². The minimum Gasteiger partial charge on any atom is -0.241 e. The van der Waals surface area contributed by atoms with E-state index in [0.717, 1.165) is 22.6 Å². The van der Waals surface area contributed by atoms with Gasteiger partial charge in [-0.05, 0) is 32.1 Å². The number of allylic oxidation sites excluding steroid dienone is 1. The molecule has 0 aliphatic carbocycles. The summed E-state index contributed by atoms with van der Waals surface area (Å²) in [4.78, 5) is 4.36. The molecule has 2 heterocycles. The third kappa shape index (κ3) is 3.04. The molecule has 0 aliphatic rings. The van der Waals surface area contributed by atoms with Gasteiger partial charge >= 0.3 is 0 Å². The zero-order valence-corrected chi connectivity index (χ0v) is 14.2. The number of nitriles is 1. The molecule has 23 heavy (non-hydrogen) atoms. The van der Waals surface area contributed by atoms with E-state index in [1.165, 1.54) is 11.3 Å². The molecule has 0 N–H and O–H groups in total. The van der Waals surface area contributed by atoms with Gasteiger partial charge in [-0.1, -0.05) is 29.8 Å². The van der Waals surface area contributed by atoms with Crippen molar-refractivity contribution in [3.63, 3.8) is 0 Å². The highest BCUT2D eigenvalue weighted by atomic mass is 35.5. The molecule has 114 valence electrons. The predicted molar refractivity (Wildman–Crippen MR) is 93.6 cm³/mol. The predicted octanol–water partition coefficient (Wildman–Crippen LogP) is 4.66. The molecule has 0 bridgehead atoms. The van der Waals surface area contributed by atoms with Crippen LogP contribution in [0.2, 0.25) is 5.15 Å². The second kappa shape index (κ2) is 6.37. The lowest BCUT2D eigenvalue weighted by molar-refractivity contribution is 0.863. The molecule has 0 aliphatic heterocycles. The van der Waals surface area contributed by atoms with Gasteiger partial charge in [-0.15, -0.1) is 11.3 Å². The summed E-state index contributed by atoms with van der Waals surface area (Å²) in [6.45, 7) is 3.78. The minimum absolute atomic E-state index is 0.481. The highest BCUT2D eigenvalue weighted by Crippen LogP contribution is 2.28. The fourth-order valence-electron chi connectivity index (χ4n) is 2.18. The Bertz CT molecular complexity index is 916. The minimum atomic E-state index is 0.481. The first-order valence-electron chi connectivity index (χ1n) is 6.95. The van der Waals surface area contributed by atoms with Crippen molar-refractivity contribution < 1.29 is 0 Å². The number of benzene rings is 1. The van der Waals surface area contributed by atoms with Gasteiger partial charge < -0.3 is 0 Å². The molecule has 2 aromatic heterocycles. The van der Waals surface area contributed by atoms with Crippen molar-refractivity contribution in [3.8, 4) is 11.8 Å². The highest BCUT2D eigenvalue weighted by Gasteiger charge is 2.15. The maximum atomic E-state index is 9.43. The van der Waals surface area contributed by atoms with Gasteiger partial charge in [0.25, 0.3) is 0 Å². The van der Waals surface area contributed by atoms with Crippen LogP contribution >= 0.6 is 22.9 Å². The molecule has 0 spiro atoms. The molecule has 3 rings (SSSR count). The SMILES string of the molecule is Cc1csc(/C(C#N)=C/c2c(C)nn(-c3ccccc3)c2Cl)n1. The molecule has 0 saturated carbocycles. The van der Waals surface area contributed by atoms with Gasteiger partial charge in [-0.2, -0.15) is 10.4 Å². The summed E-state index contributed by atoms with van der Waals surface area (Å²) in [6.07, 6.45) is 1.75. The first-order chi connectivity index (χ1) is 11.1. The highest BCUT2D eigenvalue weighted by molar-refractivity contribution is 7.11. The van der Waals surface area contributed by atoms with Crippen LogP contribution < -0.4 is 0 Å². The third-order valence-electron chi connectivity index (χ3n) is 3.31. The van der Waals surface area contributed by atoms with E-state index >= 15 is 0 Å². The third-order valence-corrected chi connectivity index (χ3v) is 4.66. The standard InChI is InChI=1S/C17H13ClN4S/c1-11-10-23-17(20-11)13(9-19)8-15-12(2)21-22(16(15)18)14-6-4-3-5-7-14/h3-8,10H,1-2H3/b13-8+. The molecule has 6 heteroatoms. The van der Waals surface area contributed by atoms with Crippen molar-refractivity contribution in [1.82, 2.24) is 14.8 Å². The van der Waals surface area contributed by atoms with Crippen molar-refractivity contribution in [2.45, 2.75) is 13.8 Å². The van der Waals surface area contributed by atoms with Crippen LogP contribution in [0.25, 0.3) is 17.3 Å². The van der Waals surface area contributed by atoms with Gasteiger partial charge in [-0.3, -0.25) is 0 Å². The molecular weight excluding hydrogens is 328 g/mol. The molecule has 0 saturated heterocycles. The first-order valence-corrected chi connectivity index (χ1v) is 8.20. The van der Waals surface area contributed by atoms with E-state index in [1.54, 1.807) is 10.8 Å². The van der Waals surface area contributed by atoms with Gasteiger partial charge in [0.2, 0.25) is 0 Å². The van der Waals surface area contributed by atoms with Crippen LogP contribution in [0.5, 0.6) is 0 Å². The molecule has 3 aromatic rings. The number of hydrogen-bond donors (Lipinski definition) is 0. The lowest BCUT2D eigenvalue weighted by Gasteiger charge is -2.02. The molecule has 4 nitrogen and oxygen atoms in total. The molecule has 0 fully saturated rings. The maximum Gasteiger partial charge on any atom is 0.140 e. The Kier molecular flexibility index (Phi) is 4.28. The van der Waals surface area contributed by atoms with Crippen LogP contribution in [-0.4, -0.2) is 14.8 Å². The van der Waals surface area contributed by atoms with E-state index in [9.17, 15) is 5.26 Å². The molecule has 0 amide bonds. The zero-order chi connectivity index (χ0) is 16.4. The Morgan fingerprint density at radius 2 is 2.04 bits per heavy atom. The molecule has 0 unspecified atom stereocenters. The van der Waals surface area contributed by atoms with E-state index in [-0.39, 0.29) is 0 Å². The largest absolute Gasteiger partial charge is 0.241 e. The fraction of sp³-hybridized carbons (Fsp3) is 0.118. The second-order valence-corrected chi connectivity index (χ2v) is 6.22. The molecule has 0 radical (unpaired) electrons. The monoisotopic (exact) mass is 340 g/mol. The van der Waals surface area contributed by atoms with Gasteiger partial charge in [-0.25, -0.2) is 9.67 Å². The van der Waals surface area contributed by atoms with Crippen LogP contribution in [0.3, 0.4) is 0 Å². The van der Waals surface area contributed by atoms with E-state index in [1.807, 2.05) is 49.6 Å². The molecular formula is C17H13ClN4S. The van der Waals surface area contributed by atoms with Crippen molar-refractivity contribution in [2.24, 2.45) is 0 Å². The molecule has 0 atom stereocenters. The number of aryl methyl sites for hydroxylation is 2. The number of hydrogen-bond acceptors (Lipinski definition) is 4. The second-order valence-electron chi connectivity index (χ2n) is 5.00. The lowest BCUT2D eigenvalue weighted by atomic mass is 10.2. The molecule has 1 aromatic carbocycles. The first kappa shape index (κ1) is 15.5. The average Bonchev–Trinajstić information content (AvgIpc) is 3.10. The number of thiazole rings is 1. The van der Waals surface area contributed by atoms with Crippen LogP contribution in [0, 0.1) is 25.2 Å². The maximum absolute atomic E-state index is 9.43. The summed E-state index contributed by atoms with van der Waals surface area (Å²) >= 11 is 7.93. The Hall–Kier alpha value is -2.42. The number of nitrogens with zero attached hydrogens (tertiary/aromatic N) is 4. The average molecular weight is 341 g/mol. The van der Waals surface area contributed by atoms with Crippen molar-refractivity contribution >= 4 is 34.6 Å². The zero-order valence-electron chi connectivity index (χ0n) is 12.6. The summed E-state index contributed by atoms with van der Waals surface area (Å²) in [5.41, 5.74) is 3.76. The Balaban J connectivity index is 2.09. The summed E-state index contributed by atoms with van der Waals surface area (Å²) in [6, 6.07) is 11.9. The number of aromatic nitrogens is 3. The number of halogens is 1. The van der Waals surface area contributed by atoms with Gasteiger partial charge in [0.15, 0.2) is 0 Å². The van der Waals surface area contributed by atoms with Gasteiger partial charge in [0, 0.05) is 16.6 Å². The van der Waals surface area contributed by atoms with Gasteiger partial charge in [0.05, 0.1) is 17.0 Å². The summed E-state index contributed by atoms with van der Waals surface area (Å²) in [5, 5.41) is 17.0. The van der Waals surface area contributed by atoms with Crippen LogP contribution in [-0.2, 0) is 0 Å². The quantitative estimate of drug-likeness (QED) is 0.651. The Morgan fingerprint density at radius 3 is 2.65 bits per heavy atom. The topological polar surface area (TPSA) is 54.5 Å². The van der Waals surface area contributed by atoms with E-state index in [0.29, 0.717) is 15.7 Å². The van der Waals surface area contributed by atoms with Gasteiger partial charge in [0.1, 0.15) is 16.2 Å². The smallest absolute Gasteiger partial charge is 0.140 e. The Morgan fingerprint density at radius 1 is 1.30 bits per heavy atom. The number of rotatable bonds is 3. The fourth-order valence-corrected chi connectivity index (χ4v) is 3.27. The lowest BCUT2D eigenvalue weighted by Crippen LogP contribution is -1.95.